The Kier molecular flexibility index (Phi) is 6.94. The van der Waals surface area contributed by atoms with Crippen molar-refractivity contribution in [3.8, 4) is 11.5 Å². The van der Waals surface area contributed by atoms with Gasteiger partial charge in [0.05, 0.1) is 31.8 Å². The molecule has 148 valence electrons. The molecule has 1 fully saturated rings. The minimum absolute atomic E-state index is 0.0465. The van der Waals surface area contributed by atoms with Crippen molar-refractivity contribution in [3.63, 3.8) is 0 Å². The number of piperazine rings is 1. The van der Waals surface area contributed by atoms with E-state index in [1.165, 1.54) is 26.4 Å². The van der Waals surface area contributed by atoms with Gasteiger partial charge in [-0.05, 0) is 6.92 Å². The monoisotopic (exact) mass is 380 g/mol. The van der Waals surface area contributed by atoms with Gasteiger partial charge in [0.15, 0.2) is 11.5 Å². The number of ether oxygens (including phenoxy) is 2. The van der Waals surface area contributed by atoms with Crippen molar-refractivity contribution in [2.24, 2.45) is 0 Å². The third-order valence-corrected chi connectivity index (χ3v) is 4.33. The van der Waals surface area contributed by atoms with E-state index in [9.17, 15) is 19.7 Å². The van der Waals surface area contributed by atoms with Crippen LogP contribution in [0, 0.1) is 10.1 Å². The molecule has 27 heavy (non-hydrogen) atoms. The Morgan fingerprint density at radius 2 is 1.74 bits per heavy atom. The van der Waals surface area contributed by atoms with E-state index in [1.807, 2.05) is 11.8 Å². The van der Waals surface area contributed by atoms with E-state index in [4.69, 9.17) is 9.47 Å². The number of methoxy groups -OCH3 is 2. The molecular formula is C17H24N4O6. The Hall–Kier alpha value is -2.88. The summed E-state index contributed by atoms with van der Waals surface area (Å²) >= 11 is 0. The molecule has 0 atom stereocenters. The molecule has 1 aliphatic heterocycles. The first-order valence-corrected chi connectivity index (χ1v) is 8.60. The lowest BCUT2D eigenvalue weighted by Gasteiger charge is -2.34. The molecule has 2 amide bonds. The lowest BCUT2D eigenvalue weighted by atomic mass is 10.1. The summed E-state index contributed by atoms with van der Waals surface area (Å²) < 4.78 is 10.2. The molecule has 1 saturated heterocycles. The average molecular weight is 380 g/mol. The first kappa shape index (κ1) is 20.4. The zero-order chi connectivity index (χ0) is 20.0. The summed E-state index contributed by atoms with van der Waals surface area (Å²) in [4.78, 5) is 38.8. The summed E-state index contributed by atoms with van der Waals surface area (Å²) in [6.45, 7) is 4.48. The summed E-state index contributed by atoms with van der Waals surface area (Å²) in [6, 6.07) is 2.53. The number of hydrogen-bond donors (Lipinski definition) is 1. The molecule has 1 aromatic rings. The zero-order valence-corrected chi connectivity index (χ0v) is 15.7. The summed E-state index contributed by atoms with van der Waals surface area (Å²) in [5.41, 5.74) is -0.378. The topological polar surface area (TPSA) is 114 Å². The fraction of sp³-hybridized carbons (Fsp3) is 0.529. The predicted molar refractivity (Wildman–Crippen MR) is 97.2 cm³/mol. The predicted octanol–water partition coefficient (Wildman–Crippen LogP) is 0.506. The number of carbonyl (C=O) groups is 2. The van der Waals surface area contributed by atoms with Crippen LogP contribution in [0.3, 0.4) is 0 Å². The van der Waals surface area contributed by atoms with Crippen molar-refractivity contribution in [1.82, 2.24) is 15.1 Å². The Morgan fingerprint density at radius 3 is 2.26 bits per heavy atom. The number of amides is 2. The average Bonchev–Trinajstić information content (AvgIpc) is 2.67. The second-order valence-electron chi connectivity index (χ2n) is 6.00. The van der Waals surface area contributed by atoms with Crippen LogP contribution in [0.15, 0.2) is 12.1 Å². The van der Waals surface area contributed by atoms with Gasteiger partial charge in [-0.1, -0.05) is 0 Å². The molecule has 10 heteroatoms. The zero-order valence-electron chi connectivity index (χ0n) is 15.7. The van der Waals surface area contributed by atoms with Crippen LogP contribution >= 0.6 is 0 Å². The molecule has 1 N–H and O–H groups in total. The second kappa shape index (κ2) is 9.17. The van der Waals surface area contributed by atoms with E-state index < -0.39 is 10.8 Å². The maximum atomic E-state index is 12.9. The highest BCUT2D eigenvalue weighted by atomic mass is 16.6. The maximum Gasteiger partial charge on any atom is 0.286 e. The van der Waals surface area contributed by atoms with Gasteiger partial charge in [-0.25, -0.2) is 0 Å². The molecule has 0 spiro atoms. The molecule has 0 aromatic heterocycles. The Balaban J connectivity index is 2.14. The minimum Gasteiger partial charge on any atom is -0.493 e. The van der Waals surface area contributed by atoms with Gasteiger partial charge in [0.25, 0.3) is 11.6 Å². The molecule has 1 heterocycles. The van der Waals surface area contributed by atoms with Crippen LogP contribution in [0.25, 0.3) is 0 Å². The highest BCUT2D eigenvalue weighted by Crippen LogP contribution is 2.35. The van der Waals surface area contributed by atoms with E-state index in [1.54, 1.807) is 4.90 Å². The number of carbonyl (C=O) groups excluding carboxylic acids is 2. The molecule has 1 aliphatic rings. The second-order valence-corrected chi connectivity index (χ2v) is 6.00. The van der Waals surface area contributed by atoms with Crippen molar-refractivity contribution in [2.75, 3.05) is 53.5 Å². The van der Waals surface area contributed by atoms with Gasteiger partial charge < -0.3 is 19.7 Å². The van der Waals surface area contributed by atoms with E-state index in [0.29, 0.717) is 32.7 Å². The largest absolute Gasteiger partial charge is 0.493 e. The number of rotatable bonds is 7. The Morgan fingerprint density at radius 1 is 1.15 bits per heavy atom. The van der Waals surface area contributed by atoms with Crippen molar-refractivity contribution in [1.29, 1.82) is 0 Å². The third-order valence-electron chi connectivity index (χ3n) is 4.33. The van der Waals surface area contributed by atoms with E-state index >= 15 is 0 Å². The van der Waals surface area contributed by atoms with Gasteiger partial charge in [0.2, 0.25) is 5.91 Å². The van der Waals surface area contributed by atoms with Crippen LogP contribution in [0.5, 0.6) is 11.5 Å². The van der Waals surface area contributed by atoms with Crippen LogP contribution in [0.1, 0.15) is 17.3 Å². The molecule has 1 aromatic carbocycles. The molecule has 0 aliphatic carbocycles. The van der Waals surface area contributed by atoms with Gasteiger partial charge in [-0.3, -0.25) is 24.6 Å². The molecule has 2 rings (SSSR count). The first-order chi connectivity index (χ1) is 12.9. The van der Waals surface area contributed by atoms with Gasteiger partial charge in [0, 0.05) is 38.8 Å². The SMILES string of the molecule is CCNC(=O)CN1CCN(C(=O)c2cc(OC)c(OC)cc2[N+](=O)[O-])CC1. The molecular weight excluding hydrogens is 356 g/mol. The number of nitrogens with zero attached hydrogens (tertiary/aromatic N) is 3. The number of benzene rings is 1. The van der Waals surface area contributed by atoms with Gasteiger partial charge in [-0.2, -0.15) is 0 Å². The fourth-order valence-corrected chi connectivity index (χ4v) is 2.93. The van der Waals surface area contributed by atoms with E-state index in [0.717, 1.165) is 0 Å². The van der Waals surface area contributed by atoms with Gasteiger partial charge in [-0.15, -0.1) is 0 Å². The summed E-state index contributed by atoms with van der Waals surface area (Å²) in [6.07, 6.45) is 0. The highest BCUT2D eigenvalue weighted by molar-refractivity contribution is 5.99. The Labute approximate surface area is 157 Å². The fourth-order valence-electron chi connectivity index (χ4n) is 2.93. The van der Waals surface area contributed by atoms with Crippen molar-refractivity contribution in [3.05, 3.63) is 27.8 Å². The van der Waals surface area contributed by atoms with E-state index in [-0.39, 0.29) is 35.2 Å². The summed E-state index contributed by atoms with van der Waals surface area (Å²) in [5.74, 6) is -0.0676. The standard InChI is InChI=1S/C17H24N4O6/c1-4-18-16(22)11-19-5-7-20(8-6-19)17(23)12-9-14(26-2)15(27-3)10-13(12)21(24)25/h9-10H,4-8,11H2,1-3H3,(H,18,22). The normalized spacial score (nSPS) is 14.6. The number of hydrogen-bond acceptors (Lipinski definition) is 7. The maximum absolute atomic E-state index is 12.9. The van der Waals surface area contributed by atoms with Crippen LogP contribution in [-0.4, -0.2) is 80.0 Å². The molecule has 0 bridgehead atoms. The number of nitro benzene ring substituents is 1. The van der Waals surface area contributed by atoms with Gasteiger partial charge in [0.1, 0.15) is 5.56 Å². The van der Waals surface area contributed by atoms with E-state index in [2.05, 4.69) is 5.32 Å². The highest BCUT2D eigenvalue weighted by Gasteiger charge is 2.30. The van der Waals surface area contributed by atoms with Crippen LogP contribution in [0.4, 0.5) is 5.69 Å². The number of likely N-dealkylation sites (N-methyl/N-ethyl adjacent to an activating group) is 1. The van der Waals surface area contributed by atoms with Crippen molar-refractivity contribution in [2.45, 2.75) is 6.92 Å². The van der Waals surface area contributed by atoms with Crippen molar-refractivity contribution >= 4 is 17.5 Å². The van der Waals surface area contributed by atoms with Crippen LogP contribution in [0.2, 0.25) is 0 Å². The van der Waals surface area contributed by atoms with Crippen LogP contribution in [-0.2, 0) is 4.79 Å². The number of nitro groups is 1. The molecule has 0 radical (unpaired) electrons. The molecule has 0 unspecified atom stereocenters. The summed E-state index contributed by atoms with van der Waals surface area (Å²) in [7, 11) is 2.77. The molecule has 0 saturated carbocycles. The lowest BCUT2D eigenvalue weighted by molar-refractivity contribution is -0.385. The van der Waals surface area contributed by atoms with Crippen LogP contribution < -0.4 is 14.8 Å². The minimum atomic E-state index is -0.611. The lowest BCUT2D eigenvalue weighted by Crippen LogP contribution is -2.51. The molecule has 10 nitrogen and oxygen atoms in total. The third kappa shape index (κ3) is 4.85. The quantitative estimate of drug-likeness (QED) is 0.541. The number of nitrogens with one attached hydrogen (secondary N) is 1. The van der Waals surface area contributed by atoms with Gasteiger partial charge >= 0.3 is 0 Å². The first-order valence-electron chi connectivity index (χ1n) is 8.60. The smallest absolute Gasteiger partial charge is 0.286 e. The van der Waals surface area contributed by atoms with Crippen molar-refractivity contribution < 1.29 is 24.0 Å². The summed E-state index contributed by atoms with van der Waals surface area (Å²) in [5, 5.41) is 14.1. The Bertz CT molecular complexity index is 716.